The molecule has 1 aromatic carbocycles. The van der Waals surface area contributed by atoms with Gasteiger partial charge in [-0.25, -0.2) is 4.79 Å². The third kappa shape index (κ3) is 5.17. The van der Waals surface area contributed by atoms with Crippen LogP contribution in [0.15, 0.2) is 36.4 Å². The second-order valence-corrected chi connectivity index (χ2v) is 7.46. The molecule has 1 unspecified atom stereocenters. The Morgan fingerprint density at radius 2 is 1.82 bits per heavy atom. The number of hydrogen-bond donors (Lipinski definition) is 2. The lowest BCUT2D eigenvalue weighted by molar-refractivity contribution is 0.0606. The van der Waals surface area contributed by atoms with E-state index >= 15 is 0 Å². The summed E-state index contributed by atoms with van der Waals surface area (Å²) in [6, 6.07) is 10.2. The molecule has 0 bridgehead atoms. The number of ether oxygens (including phenoxy) is 2. The van der Waals surface area contributed by atoms with Gasteiger partial charge < -0.3 is 20.1 Å². The molecule has 2 aromatic rings. The van der Waals surface area contributed by atoms with Crippen molar-refractivity contribution >= 4 is 29.1 Å². The van der Waals surface area contributed by atoms with Crippen LogP contribution >= 0.6 is 11.3 Å². The van der Waals surface area contributed by atoms with E-state index in [-0.39, 0.29) is 17.9 Å². The maximum absolute atomic E-state index is 12.2. The summed E-state index contributed by atoms with van der Waals surface area (Å²) in [5, 5.41) is 5.68. The summed E-state index contributed by atoms with van der Waals surface area (Å²) in [5.74, 6) is -0.865. The van der Waals surface area contributed by atoms with Gasteiger partial charge in [-0.15, -0.1) is 11.3 Å². The van der Waals surface area contributed by atoms with Crippen LogP contribution < -0.4 is 10.6 Å². The van der Waals surface area contributed by atoms with E-state index in [4.69, 9.17) is 4.74 Å². The van der Waals surface area contributed by atoms with E-state index in [9.17, 15) is 14.4 Å². The molecule has 0 radical (unpaired) electrons. The number of thiophene rings is 1. The number of nitrogens with one attached hydrogen (secondary N) is 2. The first kappa shape index (κ1) is 20.0. The summed E-state index contributed by atoms with van der Waals surface area (Å²) in [4.78, 5) is 36.6. The average Bonchev–Trinajstić information content (AvgIpc) is 3.42. The summed E-state index contributed by atoms with van der Waals surface area (Å²) in [5.41, 5.74) is 1.43. The number of hydrogen-bond acceptors (Lipinski definition) is 6. The van der Waals surface area contributed by atoms with Gasteiger partial charge in [0.15, 0.2) is 0 Å². The first-order valence-corrected chi connectivity index (χ1v) is 9.83. The average molecular weight is 402 g/mol. The Bertz CT molecular complexity index is 841. The van der Waals surface area contributed by atoms with Crippen molar-refractivity contribution in [2.24, 2.45) is 0 Å². The number of benzene rings is 1. The molecule has 8 heteroatoms. The highest BCUT2D eigenvalue weighted by Crippen LogP contribution is 2.17. The van der Waals surface area contributed by atoms with Crippen LogP contribution in [0.5, 0.6) is 0 Å². The van der Waals surface area contributed by atoms with Crippen molar-refractivity contribution in [2.45, 2.75) is 25.5 Å². The van der Waals surface area contributed by atoms with Crippen LogP contribution in [-0.4, -0.2) is 44.1 Å². The Hall–Kier alpha value is -2.71. The monoisotopic (exact) mass is 402 g/mol. The van der Waals surface area contributed by atoms with E-state index in [1.54, 1.807) is 36.4 Å². The summed E-state index contributed by atoms with van der Waals surface area (Å²) in [6.45, 7) is 1.60. The third-order valence-corrected chi connectivity index (χ3v) is 5.46. The quantitative estimate of drug-likeness (QED) is 0.694. The molecule has 7 nitrogen and oxygen atoms in total. The maximum atomic E-state index is 12.2. The molecule has 2 heterocycles. The van der Waals surface area contributed by atoms with Crippen LogP contribution in [-0.2, 0) is 16.0 Å². The van der Waals surface area contributed by atoms with E-state index in [0.717, 1.165) is 36.3 Å². The zero-order valence-electron chi connectivity index (χ0n) is 15.5. The molecule has 1 saturated heterocycles. The first-order valence-electron chi connectivity index (χ1n) is 9.02. The lowest BCUT2D eigenvalue weighted by Crippen LogP contribution is -2.31. The van der Waals surface area contributed by atoms with Crippen molar-refractivity contribution in [1.29, 1.82) is 0 Å². The predicted octanol–water partition coefficient (Wildman–Crippen LogP) is 2.37. The van der Waals surface area contributed by atoms with Gasteiger partial charge in [0.2, 0.25) is 0 Å². The Kier molecular flexibility index (Phi) is 6.78. The predicted molar refractivity (Wildman–Crippen MR) is 105 cm³/mol. The molecular formula is C20H22N2O5S. The van der Waals surface area contributed by atoms with E-state index in [1.807, 2.05) is 0 Å². The zero-order chi connectivity index (χ0) is 19.9. The Morgan fingerprint density at radius 3 is 2.50 bits per heavy atom. The van der Waals surface area contributed by atoms with E-state index in [2.05, 4.69) is 15.4 Å². The minimum absolute atomic E-state index is 0.107. The molecule has 1 fully saturated rings. The number of methoxy groups -OCH3 is 1. The summed E-state index contributed by atoms with van der Waals surface area (Å²) < 4.78 is 10.1. The fraction of sp³-hybridized carbons (Fsp3) is 0.350. The van der Waals surface area contributed by atoms with Gasteiger partial charge in [0.1, 0.15) is 4.88 Å². The first-order chi connectivity index (χ1) is 13.6. The SMILES string of the molecule is COC(=O)c1ccc(C(=O)NCc2ccc(C(=O)NCC3CCCO3)cc2)s1. The van der Waals surface area contributed by atoms with Gasteiger partial charge in [-0.05, 0) is 42.7 Å². The normalized spacial score (nSPS) is 15.8. The minimum Gasteiger partial charge on any atom is -0.465 e. The smallest absolute Gasteiger partial charge is 0.348 e. The Balaban J connectivity index is 1.48. The van der Waals surface area contributed by atoms with Crippen LogP contribution in [0, 0.1) is 0 Å². The molecule has 3 rings (SSSR count). The van der Waals surface area contributed by atoms with Gasteiger partial charge in [-0.2, -0.15) is 0 Å². The Labute approximate surface area is 167 Å². The summed E-state index contributed by atoms with van der Waals surface area (Å²) in [7, 11) is 1.30. The van der Waals surface area contributed by atoms with Crippen LogP contribution in [0.25, 0.3) is 0 Å². The number of amides is 2. The van der Waals surface area contributed by atoms with Gasteiger partial charge in [0.05, 0.1) is 18.1 Å². The van der Waals surface area contributed by atoms with E-state index < -0.39 is 5.97 Å². The fourth-order valence-electron chi connectivity index (χ4n) is 2.83. The molecule has 148 valence electrons. The number of carbonyl (C=O) groups is 3. The van der Waals surface area contributed by atoms with Gasteiger partial charge in [-0.3, -0.25) is 9.59 Å². The molecule has 0 aliphatic carbocycles. The van der Waals surface area contributed by atoms with Crippen molar-refractivity contribution in [3.8, 4) is 0 Å². The number of esters is 1. The molecular weight excluding hydrogens is 380 g/mol. The number of carbonyl (C=O) groups excluding carboxylic acids is 3. The van der Waals surface area contributed by atoms with Gasteiger partial charge in [-0.1, -0.05) is 12.1 Å². The van der Waals surface area contributed by atoms with Crippen LogP contribution in [0.3, 0.4) is 0 Å². The molecule has 1 atom stereocenters. The van der Waals surface area contributed by atoms with Gasteiger partial charge in [0.25, 0.3) is 11.8 Å². The van der Waals surface area contributed by atoms with E-state index in [1.165, 1.54) is 7.11 Å². The second kappa shape index (κ2) is 9.48. The van der Waals surface area contributed by atoms with Crippen molar-refractivity contribution in [3.63, 3.8) is 0 Å². The molecule has 0 saturated carbocycles. The molecule has 0 spiro atoms. The molecule has 2 N–H and O–H groups in total. The molecule has 1 aliphatic rings. The second-order valence-electron chi connectivity index (χ2n) is 6.38. The van der Waals surface area contributed by atoms with Crippen molar-refractivity contribution in [2.75, 3.05) is 20.3 Å². The van der Waals surface area contributed by atoms with Crippen LogP contribution in [0.4, 0.5) is 0 Å². The van der Waals surface area contributed by atoms with E-state index in [0.29, 0.717) is 28.4 Å². The standard InChI is InChI=1S/C20H22N2O5S/c1-26-20(25)17-9-8-16(28-17)19(24)21-11-13-4-6-14(7-5-13)18(23)22-12-15-3-2-10-27-15/h4-9,15H,2-3,10-12H2,1H3,(H,21,24)(H,22,23). The lowest BCUT2D eigenvalue weighted by atomic mass is 10.1. The summed E-state index contributed by atoms with van der Waals surface area (Å²) >= 11 is 1.08. The van der Waals surface area contributed by atoms with Crippen LogP contribution in [0.2, 0.25) is 0 Å². The van der Waals surface area contributed by atoms with Crippen molar-refractivity contribution in [1.82, 2.24) is 10.6 Å². The lowest BCUT2D eigenvalue weighted by Gasteiger charge is -2.11. The highest BCUT2D eigenvalue weighted by atomic mass is 32.1. The number of rotatable bonds is 7. The third-order valence-electron chi connectivity index (χ3n) is 4.40. The molecule has 2 amide bonds. The molecule has 1 aromatic heterocycles. The summed E-state index contributed by atoms with van der Waals surface area (Å²) in [6.07, 6.45) is 2.12. The van der Waals surface area contributed by atoms with Gasteiger partial charge >= 0.3 is 5.97 Å². The fourth-order valence-corrected chi connectivity index (χ4v) is 3.67. The Morgan fingerprint density at radius 1 is 1.07 bits per heavy atom. The molecule has 1 aliphatic heterocycles. The highest BCUT2D eigenvalue weighted by Gasteiger charge is 2.17. The van der Waals surface area contributed by atoms with Crippen molar-refractivity contribution in [3.05, 3.63) is 57.3 Å². The highest BCUT2D eigenvalue weighted by molar-refractivity contribution is 7.15. The zero-order valence-corrected chi connectivity index (χ0v) is 16.3. The molecule has 28 heavy (non-hydrogen) atoms. The minimum atomic E-state index is -0.461. The van der Waals surface area contributed by atoms with Crippen LogP contribution in [0.1, 0.15) is 48.1 Å². The van der Waals surface area contributed by atoms with Crippen molar-refractivity contribution < 1.29 is 23.9 Å². The largest absolute Gasteiger partial charge is 0.465 e. The topological polar surface area (TPSA) is 93.7 Å². The van der Waals surface area contributed by atoms with Gasteiger partial charge in [0, 0.05) is 25.3 Å². The maximum Gasteiger partial charge on any atom is 0.348 e.